The number of amides is 1. The first-order valence-corrected chi connectivity index (χ1v) is 10.1. The zero-order valence-electron chi connectivity index (χ0n) is 16.5. The maximum atomic E-state index is 13.5. The molecule has 3 heterocycles. The number of aryl methyl sites for hydroxylation is 1. The molecule has 3 aromatic rings. The zero-order chi connectivity index (χ0) is 20.8. The number of aromatic nitrogens is 4. The van der Waals surface area contributed by atoms with E-state index in [4.69, 9.17) is 4.74 Å². The van der Waals surface area contributed by atoms with Crippen LogP contribution in [-0.4, -0.2) is 46.1 Å². The molecule has 1 atom stereocenters. The maximum Gasteiger partial charge on any atom is 0.271 e. The van der Waals surface area contributed by atoms with Gasteiger partial charge in [-0.3, -0.25) is 9.78 Å². The van der Waals surface area contributed by atoms with Gasteiger partial charge < -0.3 is 15.4 Å². The minimum atomic E-state index is -0.420. The number of nitrogens with zero attached hydrogens (tertiary/aromatic N) is 4. The predicted molar refractivity (Wildman–Crippen MR) is 110 cm³/mol. The van der Waals surface area contributed by atoms with Gasteiger partial charge in [-0.05, 0) is 38.3 Å². The first-order chi connectivity index (χ1) is 14.0. The van der Waals surface area contributed by atoms with Gasteiger partial charge in [0.2, 0.25) is 5.95 Å². The van der Waals surface area contributed by atoms with Gasteiger partial charge in [0.1, 0.15) is 10.5 Å². The lowest BCUT2D eigenvalue weighted by Gasteiger charge is -2.14. The van der Waals surface area contributed by atoms with Gasteiger partial charge in [0.05, 0.1) is 17.2 Å². The molecule has 0 saturated heterocycles. The van der Waals surface area contributed by atoms with Crippen molar-refractivity contribution < 1.29 is 13.9 Å². The summed E-state index contributed by atoms with van der Waals surface area (Å²) in [6.45, 7) is 4.88. The van der Waals surface area contributed by atoms with E-state index in [1.165, 1.54) is 17.4 Å². The Labute approximate surface area is 172 Å². The normalized spacial score (nSPS) is 12.1. The monoisotopic (exact) mass is 418 g/mol. The molecular formula is C19H23FN6O2S. The van der Waals surface area contributed by atoms with E-state index in [2.05, 4.69) is 30.6 Å². The second-order valence-corrected chi connectivity index (χ2v) is 7.74. The Hall–Kier alpha value is -2.72. The van der Waals surface area contributed by atoms with Crippen molar-refractivity contribution in [1.29, 1.82) is 0 Å². The fourth-order valence-corrected chi connectivity index (χ4v) is 3.59. The van der Waals surface area contributed by atoms with Crippen molar-refractivity contribution in [3.05, 3.63) is 40.5 Å². The van der Waals surface area contributed by atoms with E-state index in [0.29, 0.717) is 29.1 Å². The van der Waals surface area contributed by atoms with Crippen LogP contribution in [0.25, 0.3) is 10.3 Å². The van der Waals surface area contributed by atoms with Gasteiger partial charge in [-0.25, -0.2) is 14.4 Å². The minimum Gasteiger partial charge on any atom is -0.385 e. The molecule has 1 unspecified atom stereocenters. The molecule has 0 aliphatic heterocycles. The van der Waals surface area contributed by atoms with Crippen molar-refractivity contribution in [1.82, 2.24) is 25.3 Å². The Morgan fingerprint density at radius 3 is 2.86 bits per heavy atom. The third kappa shape index (κ3) is 5.42. The van der Waals surface area contributed by atoms with Gasteiger partial charge in [-0.15, -0.1) is 11.3 Å². The molecule has 29 heavy (non-hydrogen) atoms. The smallest absolute Gasteiger partial charge is 0.271 e. The summed E-state index contributed by atoms with van der Waals surface area (Å²) in [5, 5.41) is 6.79. The quantitative estimate of drug-likeness (QED) is 0.514. The van der Waals surface area contributed by atoms with Crippen molar-refractivity contribution in [3.63, 3.8) is 0 Å². The third-order valence-electron chi connectivity index (χ3n) is 4.21. The van der Waals surface area contributed by atoms with E-state index in [1.54, 1.807) is 13.3 Å². The number of fused-ring (bicyclic) bond motifs is 1. The average molecular weight is 418 g/mol. The van der Waals surface area contributed by atoms with Crippen LogP contribution in [0.3, 0.4) is 0 Å². The highest BCUT2D eigenvalue weighted by Crippen LogP contribution is 2.26. The standard InChI is InChI=1S/C19H23FN6O2S/c1-11(13-8-14(20)10-21-9-13)23-19-25-15(16-17(26-19)24-12(2)29-16)18(27)22-6-4-5-7-28-3/h8-11H,4-7H2,1-3H3,(H,22,27)(H,23,25,26). The highest BCUT2D eigenvalue weighted by molar-refractivity contribution is 7.18. The van der Waals surface area contributed by atoms with Crippen LogP contribution in [0.15, 0.2) is 18.5 Å². The Morgan fingerprint density at radius 2 is 2.10 bits per heavy atom. The molecule has 8 nitrogen and oxygen atoms in total. The summed E-state index contributed by atoms with van der Waals surface area (Å²) in [5.74, 6) is -0.443. The van der Waals surface area contributed by atoms with E-state index >= 15 is 0 Å². The molecule has 0 bridgehead atoms. The van der Waals surface area contributed by atoms with Crippen LogP contribution >= 0.6 is 11.3 Å². The summed E-state index contributed by atoms with van der Waals surface area (Å²) < 4.78 is 19.1. The Balaban J connectivity index is 1.81. The number of halogens is 1. The van der Waals surface area contributed by atoms with Gasteiger partial charge in [0, 0.05) is 26.5 Å². The molecule has 2 N–H and O–H groups in total. The lowest BCUT2D eigenvalue weighted by Crippen LogP contribution is -2.26. The van der Waals surface area contributed by atoms with Crippen molar-refractivity contribution in [2.45, 2.75) is 32.7 Å². The van der Waals surface area contributed by atoms with E-state index in [1.807, 2.05) is 13.8 Å². The van der Waals surface area contributed by atoms with Gasteiger partial charge in [-0.2, -0.15) is 4.98 Å². The van der Waals surface area contributed by atoms with Crippen LogP contribution in [0.5, 0.6) is 0 Å². The Kier molecular flexibility index (Phi) is 6.99. The molecule has 0 fully saturated rings. The molecule has 0 aromatic carbocycles. The number of thiazole rings is 1. The molecule has 154 valence electrons. The summed E-state index contributed by atoms with van der Waals surface area (Å²) in [4.78, 5) is 29.8. The molecule has 0 aliphatic carbocycles. The van der Waals surface area contributed by atoms with Crippen LogP contribution in [0.1, 0.15) is 46.9 Å². The molecule has 3 aromatic heterocycles. The highest BCUT2D eigenvalue weighted by Gasteiger charge is 2.19. The molecular weight excluding hydrogens is 395 g/mol. The fourth-order valence-electron chi connectivity index (χ4n) is 2.75. The second kappa shape index (κ2) is 9.66. The summed E-state index contributed by atoms with van der Waals surface area (Å²) >= 11 is 1.38. The molecule has 0 spiro atoms. The summed E-state index contributed by atoms with van der Waals surface area (Å²) in [5.41, 5.74) is 1.38. The lowest BCUT2D eigenvalue weighted by molar-refractivity contribution is 0.0948. The lowest BCUT2D eigenvalue weighted by atomic mass is 10.1. The van der Waals surface area contributed by atoms with Crippen LogP contribution in [0.4, 0.5) is 10.3 Å². The summed E-state index contributed by atoms with van der Waals surface area (Å²) in [6.07, 6.45) is 4.39. The first-order valence-electron chi connectivity index (χ1n) is 9.27. The maximum absolute atomic E-state index is 13.5. The number of methoxy groups -OCH3 is 1. The van der Waals surface area contributed by atoms with Gasteiger partial charge in [-0.1, -0.05) is 0 Å². The molecule has 0 saturated carbocycles. The van der Waals surface area contributed by atoms with Crippen LogP contribution in [-0.2, 0) is 4.74 Å². The zero-order valence-corrected chi connectivity index (χ0v) is 17.3. The molecule has 3 rings (SSSR count). The number of nitrogens with one attached hydrogen (secondary N) is 2. The second-order valence-electron chi connectivity index (χ2n) is 6.54. The van der Waals surface area contributed by atoms with Crippen molar-refractivity contribution in [2.24, 2.45) is 0 Å². The van der Waals surface area contributed by atoms with Gasteiger partial charge in [0.25, 0.3) is 5.91 Å². The van der Waals surface area contributed by atoms with Gasteiger partial charge >= 0.3 is 0 Å². The number of rotatable bonds is 9. The van der Waals surface area contributed by atoms with Crippen LogP contribution in [0.2, 0.25) is 0 Å². The molecule has 0 radical (unpaired) electrons. The molecule has 0 aliphatic rings. The highest BCUT2D eigenvalue weighted by atomic mass is 32.1. The average Bonchev–Trinajstić information content (AvgIpc) is 3.07. The number of ether oxygens (including phenoxy) is 1. The molecule has 10 heteroatoms. The number of unbranched alkanes of at least 4 members (excludes halogenated alkanes) is 1. The van der Waals surface area contributed by atoms with Crippen LogP contribution in [0, 0.1) is 12.7 Å². The van der Waals surface area contributed by atoms with E-state index in [0.717, 1.165) is 24.0 Å². The van der Waals surface area contributed by atoms with E-state index < -0.39 is 5.82 Å². The molecule has 1 amide bonds. The largest absolute Gasteiger partial charge is 0.385 e. The SMILES string of the molecule is COCCCCNC(=O)c1nc(NC(C)c2cncc(F)c2)nc2nc(C)sc12. The van der Waals surface area contributed by atoms with Crippen LogP contribution < -0.4 is 10.6 Å². The summed E-state index contributed by atoms with van der Waals surface area (Å²) in [7, 11) is 1.65. The Bertz CT molecular complexity index is 996. The number of hydrogen-bond donors (Lipinski definition) is 2. The van der Waals surface area contributed by atoms with Crippen molar-refractivity contribution >= 4 is 33.5 Å². The Morgan fingerprint density at radius 1 is 1.28 bits per heavy atom. The fraction of sp³-hybridized carbons (Fsp3) is 0.421. The number of pyridine rings is 1. The number of hydrogen-bond acceptors (Lipinski definition) is 8. The van der Waals surface area contributed by atoms with Crippen molar-refractivity contribution in [2.75, 3.05) is 25.6 Å². The minimum absolute atomic E-state index is 0.254. The topological polar surface area (TPSA) is 102 Å². The number of carbonyl (C=O) groups is 1. The number of carbonyl (C=O) groups excluding carboxylic acids is 1. The van der Waals surface area contributed by atoms with E-state index in [-0.39, 0.29) is 23.6 Å². The van der Waals surface area contributed by atoms with E-state index in [9.17, 15) is 9.18 Å². The van der Waals surface area contributed by atoms with Gasteiger partial charge in [0.15, 0.2) is 11.3 Å². The first kappa shape index (κ1) is 21.0. The van der Waals surface area contributed by atoms with Crippen molar-refractivity contribution in [3.8, 4) is 0 Å². The predicted octanol–water partition coefficient (Wildman–Crippen LogP) is 3.26. The third-order valence-corrected chi connectivity index (χ3v) is 5.18. The summed E-state index contributed by atoms with van der Waals surface area (Å²) in [6, 6.07) is 1.09. The number of anilines is 1.